The molecule has 1 heterocycles. The van der Waals surface area contributed by atoms with Gasteiger partial charge < -0.3 is 16.4 Å². The Kier molecular flexibility index (Phi) is 7.53. The van der Waals surface area contributed by atoms with Crippen molar-refractivity contribution in [3.8, 4) is 0 Å². The van der Waals surface area contributed by atoms with E-state index in [1.165, 1.54) is 0 Å². The standard InChI is InChI=1S/C26H34N4O3/c1-5-17(2)23-25(33)29-20-14-19(24(32)28-16-26(3,4)15-27)11-12-21(20)30(23)22(31)13-18-9-7-6-8-10-18/h6-12,14,17,23H,5,13,15-16,27H2,1-4H3,(H,28,32)(H,29,33). The molecule has 2 unspecified atom stereocenters. The molecule has 2 atom stereocenters. The molecule has 2 aromatic rings. The minimum absolute atomic E-state index is 0.0284. The highest BCUT2D eigenvalue weighted by molar-refractivity contribution is 6.13. The molecule has 0 saturated heterocycles. The highest BCUT2D eigenvalue weighted by atomic mass is 16.2. The Bertz CT molecular complexity index is 1020. The van der Waals surface area contributed by atoms with Crippen molar-refractivity contribution in [1.82, 2.24) is 5.32 Å². The summed E-state index contributed by atoms with van der Waals surface area (Å²) in [4.78, 5) is 40.8. The minimum atomic E-state index is -0.608. The number of amides is 3. The summed E-state index contributed by atoms with van der Waals surface area (Å²) in [5.74, 6) is -0.663. The number of fused-ring (bicyclic) bond motifs is 1. The number of benzene rings is 2. The van der Waals surface area contributed by atoms with Crippen LogP contribution in [-0.2, 0) is 16.0 Å². The van der Waals surface area contributed by atoms with Crippen molar-refractivity contribution < 1.29 is 14.4 Å². The first kappa shape index (κ1) is 24.5. The third-order valence-corrected chi connectivity index (χ3v) is 6.25. The van der Waals surface area contributed by atoms with E-state index in [0.717, 1.165) is 12.0 Å². The largest absolute Gasteiger partial charge is 0.351 e. The van der Waals surface area contributed by atoms with Gasteiger partial charge in [-0.25, -0.2) is 0 Å². The Balaban J connectivity index is 1.92. The lowest BCUT2D eigenvalue weighted by molar-refractivity contribution is -0.124. The summed E-state index contributed by atoms with van der Waals surface area (Å²) in [7, 11) is 0. The van der Waals surface area contributed by atoms with E-state index in [1.54, 1.807) is 23.1 Å². The van der Waals surface area contributed by atoms with Crippen LogP contribution in [0.25, 0.3) is 0 Å². The first-order valence-electron chi connectivity index (χ1n) is 11.5. The van der Waals surface area contributed by atoms with E-state index >= 15 is 0 Å². The van der Waals surface area contributed by atoms with Gasteiger partial charge in [-0.3, -0.25) is 19.3 Å². The summed E-state index contributed by atoms with van der Waals surface area (Å²) in [6.45, 7) is 8.81. The fourth-order valence-corrected chi connectivity index (χ4v) is 3.84. The molecule has 1 aliphatic rings. The molecule has 7 nitrogen and oxygen atoms in total. The highest BCUT2D eigenvalue weighted by Crippen LogP contribution is 2.36. The second kappa shape index (κ2) is 10.2. The van der Waals surface area contributed by atoms with Crippen LogP contribution in [0.4, 0.5) is 11.4 Å². The molecule has 2 aromatic carbocycles. The summed E-state index contributed by atoms with van der Waals surface area (Å²) in [6, 6.07) is 13.9. The van der Waals surface area contributed by atoms with Crippen LogP contribution in [0, 0.1) is 11.3 Å². The first-order chi connectivity index (χ1) is 15.7. The molecular weight excluding hydrogens is 416 g/mol. The Morgan fingerprint density at radius 1 is 1.18 bits per heavy atom. The van der Waals surface area contributed by atoms with Gasteiger partial charge in [0.15, 0.2) is 0 Å². The molecule has 176 valence electrons. The fourth-order valence-electron chi connectivity index (χ4n) is 3.84. The fraction of sp³-hybridized carbons (Fsp3) is 0.423. The predicted octanol–water partition coefficient (Wildman–Crippen LogP) is 3.34. The zero-order chi connectivity index (χ0) is 24.2. The molecule has 0 bridgehead atoms. The van der Waals surface area contributed by atoms with Gasteiger partial charge in [-0.15, -0.1) is 0 Å². The third-order valence-electron chi connectivity index (χ3n) is 6.25. The molecule has 3 rings (SSSR count). The maximum atomic E-state index is 13.4. The van der Waals surface area contributed by atoms with Crippen LogP contribution in [0.5, 0.6) is 0 Å². The second-order valence-electron chi connectivity index (χ2n) is 9.53. The van der Waals surface area contributed by atoms with Gasteiger partial charge in [-0.05, 0) is 41.6 Å². The Labute approximate surface area is 195 Å². The maximum absolute atomic E-state index is 13.4. The van der Waals surface area contributed by atoms with Gasteiger partial charge >= 0.3 is 0 Å². The number of nitrogens with one attached hydrogen (secondary N) is 2. The van der Waals surface area contributed by atoms with Crippen molar-refractivity contribution in [2.24, 2.45) is 17.1 Å². The number of carbonyl (C=O) groups is 3. The van der Waals surface area contributed by atoms with Crippen molar-refractivity contribution in [2.45, 2.75) is 46.6 Å². The Morgan fingerprint density at radius 3 is 2.52 bits per heavy atom. The average molecular weight is 451 g/mol. The van der Waals surface area contributed by atoms with Gasteiger partial charge in [0.25, 0.3) is 5.91 Å². The van der Waals surface area contributed by atoms with Gasteiger partial charge in [-0.1, -0.05) is 64.4 Å². The van der Waals surface area contributed by atoms with E-state index < -0.39 is 6.04 Å². The lowest BCUT2D eigenvalue weighted by Crippen LogP contribution is -2.54. The van der Waals surface area contributed by atoms with Gasteiger partial charge in [0.1, 0.15) is 6.04 Å². The Morgan fingerprint density at radius 2 is 1.88 bits per heavy atom. The number of nitrogens with zero attached hydrogens (tertiary/aromatic N) is 1. The van der Waals surface area contributed by atoms with Crippen LogP contribution in [-0.4, -0.2) is 36.9 Å². The molecule has 4 N–H and O–H groups in total. The summed E-state index contributed by atoms with van der Waals surface area (Å²) in [5.41, 5.74) is 7.91. The third kappa shape index (κ3) is 5.60. The zero-order valence-electron chi connectivity index (χ0n) is 19.9. The lowest BCUT2D eigenvalue weighted by Gasteiger charge is -2.39. The van der Waals surface area contributed by atoms with Crippen molar-refractivity contribution >= 4 is 29.1 Å². The summed E-state index contributed by atoms with van der Waals surface area (Å²) in [6.07, 6.45) is 0.941. The highest BCUT2D eigenvalue weighted by Gasteiger charge is 2.39. The molecule has 0 spiro atoms. The van der Waals surface area contributed by atoms with E-state index in [9.17, 15) is 14.4 Å². The number of rotatable bonds is 8. The minimum Gasteiger partial charge on any atom is -0.351 e. The quantitative estimate of drug-likeness (QED) is 0.574. The van der Waals surface area contributed by atoms with E-state index in [4.69, 9.17) is 5.73 Å². The number of anilines is 2. The predicted molar refractivity (Wildman–Crippen MR) is 131 cm³/mol. The first-order valence-corrected chi connectivity index (χ1v) is 11.5. The van der Waals surface area contributed by atoms with Gasteiger partial charge in [0.05, 0.1) is 17.8 Å². The van der Waals surface area contributed by atoms with E-state index in [-0.39, 0.29) is 35.5 Å². The van der Waals surface area contributed by atoms with E-state index in [2.05, 4.69) is 10.6 Å². The molecule has 0 saturated carbocycles. The molecule has 3 amide bonds. The van der Waals surface area contributed by atoms with Crippen molar-refractivity contribution in [3.05, 3.63) is 59.7 Å². The molecule has 0 radical (unpaired) electrons. The van der Waals surface area contributed by atoms with Crippen LogP contribution in [0.2, 0.25) is 0 Å². The zero-order valence-corrected chi connectivity index (χ0v) is 19.9. The summed E-state index contributed by atoms with van der Waals surface area (Å²) in [5, 5.41) is 5.82. The normalized spacial score (nSPS) is 16.6. The van der Waals surface area contributed by atoms with E-state index in [1.807, 2.05) is 58.0 Å². The molecular formula is C26H34N4O3. The van der Waals surface area contributed by atoms with Gasteiger partial charge in [0, 0.05) is 12.1 Å². The van der Waals surface area contributed by atoms with E-state index in [0.29, 0.717) is 30.0 Å². The molecule has 33 heavy (non-hydrogen) atoms. The van der Waals surface area contributed by atoms with Crippen molar-refractivity contribution in [1.29, 1.82) is 0 Å². The van der Waals surface area contributed by atoms with Crippen LogP contribution < -0.4 is 21.3 Å². The summed E-state index contributed by atoms with van der Waals surface area (Å²) < 4.78 is 0. The van der Waals surface area contributed by atoms with Crippen LogP contribution in [0.1, 0.15) is 50.0 Å². The lowest BCUT2D eigenvalue weighted by atomic mass is 9.92. The van der Waals surface area contributed by atoms with Crippen molar-refractivity contribution in [2.75, 3.05) is 23.3 Å². The monoisotopic (exact) mass is 450 g/mol. The summed E-state index contributed by atoms with van der Waals surface area (Å²) >= 11 is 0. The topological polar surface area (TPSA) is 105 Å². The number of nitrogens with two attached hydrogens (primary N) is 1. The average Bonchev–Trinajstić information content (AvgIpc) is 2.81. The number of hydrogen-bond donors (Lipinski definition) is 3. The van der Waals surface area contributed by atoms with Crippen LogP contribution >= 0.6 is 0 Å². The number of hydrogen-bond acceptors (Lipinski definition) is 4. The van der Waals surface area contributed by atoms with Gasteiger partial charge in [-0.2, -0.15) is 0 Å². The maximum Gasteiger partial charge on any atom is 0.251 e. The second-order valence-corrected chi connectivity index (χ2v) is 9.53. The van der Waals surface area contributed by atoms with Crippen LogP contribution in [0.3, 0.4) is 0 Å². The molecule has 1 aliphatic heterocycles. The van der Waals surface area contributed by atoms with Crippen molar-refractivity contribution in [3.63, 3.8) is 0 Å². The molecule has 0 aromatic heterocycles. The Hall–Kier alpha value is -3.19. The molecule has 7 heteroatoms. The number of carbonyl (C=O) groups excluding carboxylic acids is 3. The van der Waals surface area contributed by atoms with Gasteiger partial charge in [0.2, 0.25) is 11.8 Å². The molecule has 0 aliphatic carbocycles. The smallest absolute Gasteiger partial charge is 0.251 e. The SMILES string of the molecule is CCC(C)C1C(=O)Nc2cc(C(=O)NCC(C)(C)CN)ccc2N1C(=O)Cc1ccccc1. The molecule has 0 fully saturated rings. The van der Waals surface area contributed by atoms with Crippen LogP contribution in [0.15, 0.2) is 48.5 Å².